The molecule has 2 fully saturated rings. The minimum absolute atomic E-state index is 0.0998. The van der Waals surface area contributed by atoms with Gasteiger partial charge in [0.1, 0.15) is 0 Å². The second-order valence-corrected chi connectivity index (χ2v) is 10.7. The number of aromatic nitrogens is 1. The van der Waals surface area contributed by atoms with Crippen LogP contribution >= 0.6 is 23.2 Å². The summed E-state index contributed by atoms with van der Waals surface area (Å²) in [5.74, 6) is 0.768. The molecule has 1 N–H and O–H groups in total. The number of piperidine rings is 2. The van der Waals surface area contributed by atoms with Crippen LogP contribution in [0.5, 0.6) is 0 Å². The summed E-state index contributed by atoms with van der Waals surface area (Å²) >= 11 is 12.3. The van der Waals surface area contributed by atoms with E-state index in [1.807, 2.05) is 53.4 Å². The lowest BCUT2D eigenvalue weighted by Crippen LogP contribution is -2.52. The number of aliphatic hydroxyl groups excluding tert-OH is 1. The number of hydrogen-bond donors (Lipinski definition) is 1. The first-order valence-corrected chi connectivity index (χ1v) is 13.2. The smallest absolute Gasteiger partial charge is 0.253 e. The van der Waals surface area contributed by atoms with Crippen molar-refractivity contribution in [3.05, 3.63) is 75.9 Å². The van der Waals surface area contributed by atoms with Crippen LogP contribution in [0.3, 0.4) is 0 Å². The van der Waals surface area contributed by atoms with Crippen LogP contribution in [0.25, 0.3) is 10.9 Å². The standard InChI is InChI=1S/C28H31Cl2N3O2/c29-25-5-3-19(15-26(25)30)14-20-7-11-33(17-23(20)18-34)24-8-12-32(13-9-24)28(35)22-4-6-27-21(16-22)2-1-10-31-27/h1-6,10,15-16,20,23-24,34H,7-9,11-14,17-18H2/t20-,23+/m0/s1. The first-order chi connectivity index (χ1) is 17.0. The Morgan fingerprint density at radius 2 is 1.80 bits per heavy atom. The fourth-order valence-corrected chi connectivity index (χ4v) is 6.03. The van der Waals surface area contributed by atoms with Crippen LogP contribution in [-0.2, 0) is 6.42 Å². The van der Waals surface area contributed by atoms with Crippen LogP contribution in [0.4, 0.5) is 0 Å². The monoisotopic (exact) mass is 511 g/mol. The van der Waals surface area contributed by atoms with Crippen molar-refractivity contribution in [2.24, 2.45) is 11.8 Å². The molecule has 3 heterocycles. The van der Waals surface area contributed by atoms with Gasteiger partial charge in [0.25, 0.3) is 5.91 Å². The Labute approximate surface area is 216 Å². The van der Waals surface area contributed by atoms with E-state index in [0.717, 1.165) is 68.3 Å². The van der Waals surface area contributed by atoms with Crippen LogP contribution in [0.2, 0.25) is 10.0 Å². The molecule has 1 amide bonds. The van der Waals surface area contributed by atoms with E-state index in [4.69, 9.17) is 23.2 Å². The fraction of sp³-hybridized carbons (Fsp3) is 0.429. The van der Waals surface area contributed by atoms with Gasteiger partial charge in [0.05, 0.1) is 15.6 Å². The van der Waals surface area contributed by atoms with Crippen molar-refractivity contribution in [3.8, 4) is 0 Å². The first kappa shape index (κ1) is 24.5. The number of amides is 1. The zero-order chi connectivity index (χ0) is 24.4. The maximum absolute atomic E-state index is 13.1. The summed E-state index contributed by atoms with van der Waals surface area (Å²) in [6.07, 6.45) is 5.67. The number of halogens is 2. The Balaban J connectivity index is 1.16. The molecule has 0 spiro atoms. The Hall–Kier alpha value is -2.18. The third-order valence-electron chi connectivity index (χ3n) is 7.76. The highest BCUT2D eigenvalue weighted by atomic mass is 35.5. The molecule has 2 aliphatic heterocycles. The lowest BCUT2D eigenvalue weighted by atomic mass is 9.80. The molecule has 7 heteroatoms. The van der Waals surface area contributed by atoms with Crippen molar-refractivity contribution in [2.45, 2.75) is 31.7 Å². The van der Waals surface area contributed by atoms with Crippen LogP contribution in [0.15, 0.2) is 54.7 Å². The van der Waals surface area contributed by atoms with Crippen molar-refractivity contribution in [3.63, 3.8) is 0 Å². The molecule has 3 aromatic rings. The van der Waals surface area contributed by atoms with Gasteiger partial charge in [-0.3, -0.25) is 14.7 Å². The number of nitrogens with zero attached hydrogens (tertiary/aromatic N) is 3. The zero-order valence-electron chi connectivity index (χ0n) is 19.7. The number of likely N-dealkylation sites (tertiary alicyclic amines) is 2. The summed E-state index contributed by atoms with van der Waals surface area (Å²) in [6.45, 7) is 3.65. The normalized spacial score (nSPS) is 22.0. The highest BCUT2D eigenvalue weighted by Gasteiger charge is 2.34. The fourth-order valence-electron chi connectivity index (χ4n) is 5.71. The van der Waals surface area contributed by atoms with Crippen molar-refractivity contribution in [1.29, 1.82) is 0 Å². The van der Waals surface area contributed by atoms with E-state index < -0.39 is 0 Å². The van der Waals surface area contributed by atoms with Gasteiger partial charge in [0, 0.05) is 49.4 Å². The van der Waals surface area contributed by atoms with Gasteiger partial charge in [-0.05, 0) is 86.0 Å². The summed E-state index contributed by atoms with van der Waals surface area (Å²) in [4.78, 5) is 22.0. The Kier molecular flexibility index (Phi) is 7.59. The number of rotatable bonds is 5. The number of fused-ring (bicyclic) bond motifs is 1. The number of aliphatic hydroxyl groups is 1. The quantitative estimate of drug-likeness (QED) is 0.503. The maximum Gasteiger partial charge on any atom is 0.253 e. The number of benzene rings is 2. The molecule has 1 aromatic heterocycles. The largest absolute Gasteiger partial charge is 0.396 e. The average Bonchev–Trinajstić information content (AvgIpc) is 2.90. The number of hydrogen-bond acceptors (Lipinski definition) is 4. The predicted molar refractivity (Wildman–Crippen MR) is 141 cm³/mol. The maximum atomic E-state index is 13.1. The van der Waals surface area contributed by atoms with Crippen molar-refractivity contribution >= 4 is 40.0 Å². The van der Waals surface area contributed by atoms with Gasteiger partial charge in [0.15, 0.2) is 0 Å². The van der Waals surface area contributed by atoms with E-state index >= 15 is 0 Å². The molecule has 2 atom stereocenters. The van der Waals surface area contributed by atoms with Crippen LogP contribution < -0.4 is 0 Å². The average molecular weight is 512 g/mol. The molecular weight excluding hydrogens is 481 g/mol. The number of carbonyl (C=O) groups is 1. The van der Waals surface area contributed by atoms with Crippen LogP contribution in [0, 0.1) is 11.8 Å². The highest BCUT2D eigenvalue weighted by Crippen LogP contribution is 2.32. The Morgan fingerprint density at radius 1 is 0.971 bits per heavy atom. The Bertz CT molecular complexity index is 1200. The summed E-state index contributed by atoms with van der Waals surface area (Å²) in [7, 11) is 0. The molecule has 0 saturated carbocycles. The summed E-state index contributed by atoms with van der Waals surface area (Å²) < 4.78 is 0. The summed E-state index contributed by atoms with van der Waals surface area (Å²) in [5.41, 5.74) is 2.81. The van der Waals surface area contributed by atoms with Gasteiger partial charge in [-0.15, -0.1) is 0 Å². The molecule has 0 bridgehead atoms. The van der Waals surface area contributed by atoms with Gasteiger partial charge in [-0.1, -0.05) is 35.3 Å². The molecule has 0 unspecified atom stereocenters. The van der Waals surface area contributed by atoms with E-state index in [1.54, 1.807) is 6.20 Å². The van der Waals surface area contributed by atoms with Crippen molar-refractivity contribution in [1.82, 2.24) is 14.8 Å². The second kappa shape index (κ2) is 10.8. The lowest BCUT2D eigenvalue weighted by molar-refractivity contribution is 0.0242. The third-order valence-corrected chi connectivity index (χ3v) is 8.50. The molecular formula is C28H31Cl2N3O2. The van der Waals surface area contributed by atoms with Crippen LogP contribution in [0.1, 0.15) is 35.2 Å². The summed E-state index contributed by atoms with van der Waals surface area (Å²) in [5, 5.41) is 12.3. The van der Waals surface area contributed by atoms with Gasteiger partial charge < -0.3 is 10.0 Å². The first-order valence-electron chi connectivity index (χ1n) is 12.4. The molecule has 0 aliphatic carbocycles. The molecule has 184 valence electrons. The minimum Gasteiger partial charge on any atom is -0.396 e. The molecule has 5 rings (SSSR count). The molecule has 2 aliphatic rings. The van der Waals surface area contributed by atoms with E-state index in [0.29, 0.717) is 22.0 Å². The third kappa shape index (κ3) is 5.49. The summed E-state index contributed by atoms with van der Waals surface area (Å²) in [6, 6.07) is 15.9. The second-order valence-electron chi connectivity index (χ2n) is 9.87. The molecule has 5 nitrogen and oxygen atoms in total. The molecule has 0 radical (unpaired) electrons. The van der Waals surface area contributed by atoms with Crippen molar-refractivity contribution in [2.75, 3.05) is 32.8 Å². The molecule has 2 saturated heterocycles. The topological polar surface area (TPSA) is 56.7 Å². The highest BCUT2D eigenvalue weighted by molar-refractivity contribution is 6.42. The zero-order valence-corrected chi connectivity index (χ0v) is 21.3. The van der Waals surface area contributed by atoms with E-state index in [9.17, 15) is 9.90 Å². The minimum atomic E-state index is 0.0998. The van der Waals surface area contributed by atoms with Gasteiger partial charge >= 0.3 is 0 Å². The van der Waals surface area contributed by atoms with E-state index in [2.05, 4.69) is 9.88 Å². The predicted octanol–water partition coefficient (Wildman–Crippen LogP) is 5.32. The van der Waals surface area contributed by atoms with Gasteiger partial charge in [-0.25, -0.2) is 0 Å². The lowest BCUT2D eigenvalue weighted by Gasteiger charge is -2.44. The van der Waals surface area contributed by atoms with Crippen molar-refractivity contribution < 1.29 is 9.90 Å². The van der Waals surface area contributed by atoms with E-state index in [1.165, 1.54) is 5.56 Å². The SMILES string of the molecule is O=C(c1ccc2ncccc2c1)N1CCC(N2CC[C@@H](Cc3ccc(Cl)c(Cl)c3)[C@@H](CO)C2)CC1. The van der Waals surface area contributed by atoms with Gasteiger partial charge in [-0.2, -0.15) is 0 Å². The van der Waals surface area contributed by atoms with E-state index in [-0.39, 0.29) is 18.4 Å². The molecule has 35 heavy (non-hydrogen) atoms. The Morgan fingerprint density at radius 3 is 2.57 bits per heavy atom. The number of carbonyl (C=O) groups excluding carboxylic acids is 1. The van der Waals surface area contributed by atoms with Gasteiger partial charge in [0.2, 0.25) is 0 Å². The molecule has 2 aromatic carbocycles. The van der Waals surface area contributed by atoms with Crippen LogP contribution in [-0.4, -0.2) is 64.6 Å². The number of pyridine rings is 1.